The van der Waals surface area contributed by atoms with Crippen LogP contribution in [-0.4, -0.2) is 19.3 Å². The summed E-state index contributed by atoms with van der Waals surface area (Å²) >= 11 is 5.20. The van der Waals surface area contributed by atoms with Gasteiger partial charge in [0.2, 0.25) is 0 Å². The number of rotatable bonds is 4. The zero-order valence-corrected chi connectivity index (χ0v) is 14.0. The number of aromatic nitrogens is 4. The smallest absolute Gasteiger partial charge is 0.262 e. The second-order valence-corrected chi connectivity index (χ2v) is 6.08. The van der Waals surface area contributed by atoms with Crippen LogP contribution in [0.1, 0.15) is 52.3 Å². The monoisotopic (exact) mass is 306 g/mol. The van der Waals surface area contributed by atoms with Crippen LogP contribution < -0.4 is 5.56 Å². The topological polar surface area (TPSA) is 55.6 Å². The highest BCUT2D eigenvalue weighted by Gasteiger charge is 2.18. The maximum atomic E-state index is 12.9. The number of pyridine rings is 1. The van der Waals surface area contributed by atoms with Crippen LogP contribution in [0.2, 0.25) is 0 Å². The van der Waals surface area contributed by atoms with Gasteiger partial charge in [0.05, 0.1) is 5.56 Å². The van der Waals surface area contributed by atoms with Crippen LogP contribution in [0, 0.1) is 4.77 Å². The molecule has 0 aliphatic carbocycles. The van der Waals surface area contributed by atoms with Crippen molar-refractivity contribution >= 4 is 12.2 Å². The van der Waals surface area contributed by atoms with Crippen molar-refractivity contribution in [3.63, 3.8) is 0 Å². The van der Waals surface area contributed by atoms with Crippen LogP contribution in [0.15, 0.2) is 16.9 Å². The molecule has 2 heterocycles. The first-order valence-corrected chi connectivity index (χ1v) is 7.70. The molecule has 1 N–H and O–H groups in total. The first kappa shape index (κ1) is 15.7. The summed E-state index contributed by atoms with van der Waals surface area (Å²) in [5.41, 5.74) is 1.61. The van der Waals surface area contributed by atoms with E-state index < -0.39 is 0 Å². The average Bonchev–Trinajstić information content (AvgIpc) is 2.78. The summed E-state index contributed by atoms with van der Waals surface area (Å²) in [5.74, 6) is 0.901. The van der Waals surface area contributed by atoms with Gasteiger partial charge < -0.3 is 9.13 Å². The Morgan fingerprint density at radius 3 is 2.48 bits per heavy atom. The van der Waals surface area contributed by atoms with Crippen molar-refractivity contribution in [2.75, 3.05) is 0 Å². The van der Waals surface area contributed by atoms with E-state index in [4.69, 9.17) is 12.2 Å². The maximum absolute atomic E-state index is 12.9. The Morgan fingerprint density at radius 1 is 1.29 bits per heavy atom. The van der Waals surface area contributed by atoms with Gasteiger partial charge in [0, 0.05) is 18.3 Å². The van der Waals surface area contributed by atoms with Crippen molar-refractivity contribution in [1.29, 1.82) is 0 Å². The number of hydrogen-bond acceptors (Lipinski definition) is 3. The third-order valence-electron chi connectivity index (χ3n) is 3.57. The molecule has 0 aliphatic heterocycles. The van der Waals surface area contributed by atoms with Gasteiger partial charge in [-0.2, -0.15) is 5.10 Å². The van der Waals surface area contributed by atoms with Crippen LogP contribution in [0.4, 0.5) is 0 Å². The standard InChI is InChI=1S/C15H22N4OS/c1-6-18-13(16-17-15(18)21)11-7-8-12(9(2)3)19(10(4)5)14(11)20/h7-10H,6H2,1-5H3,(H,17,21). The van der Waals surface area contributed by atoms with Crippen LogP contribution in [0.3, 0.4) is 0 Å². The molecule has 2 rings (SSSR count). The highest BCUT2D eigenvalue weighted by molar-refractivity contribution is 7.71. The fourth-order valence-electron chi connectivity index (χ4n) is 2.56. The molecular weight excluding hydrogens is 284 g/mol. The van der Waals surface area contributed by atoms with E-state index >= 15 is 0 Å². The second kappa shape index (κ2) is 5.97. The molecule has 21 heavy (non-hydrogen) atoms. The largest absolute Gasteiger partial charge is 0.309 e. The molecule has 0 saturated heterocycles. The second-order valence-electron chi connectivity index (χ2n) is 5.69. The van der Waals surface area contributed by atoms with E-state index in [1.165, 1.54) is 0 Å². The number of hydrogen-bond donors (Lipinski definition) is 1. The van der Waals surface area contributed by atoms with E-state index in [1.807, 2.05) is 42.0 Å². The van der Waals surface area contributed by atoms with Gasteiger partial charge in [-0.1, -0.05) is 13.8 Å². The molecule has 0 atom stereocenters. The molecule has 0 radical (unpaired) electrons. The first-order chi connectivity index (χ1) is 9.88. The lowest BCUT2D eigenvalue weighted by molar-refractivity contribution is 0.535. The van der Waals surface area contributed by atoms with Crippen LogP contribution in [-0.2, 0) is 6.54 Å². The Balaban J connectivity index is 2.75. The third kappa shape index (κ3) is 2.72. The summed E-state index contributed by atoms with van der Waals surface area (Å²) in [6, 6.07) is 3.97. The Morgan fingerprint density at radius 2 is 1.95 bits per heavy atom. The Kier molecular flexibility index (Phi) is 4.46. The van der Waals surface area contributed by atoms with Gasteiger partial charge in [0.15, 0.2) is 10.6 Å². The normalized spacial score (nSPS) is 11.6. The molecule has 0 amide bonds. The molecule has 114 valence electrons. The Hall–Kier alpha value is -1.69. The molecule has 2 aromatic heterocycles. The fraction of sp³-hybridized carbons (Fsp3) is 0.533. The summed E-state index contributed by atoms with van der Waals surface area (Å²) in [7, 11) is 0. The minimum Gasteiger partial charge on any atom is -0.309 e. The summed E-state index contributed by atoms with van der Waals surface area (Å²) in [6.45, 7) is 10.9. The Labute approximate surface area is 129 Å². The molecule has 0 unspecified atom stereocenters. The van der Waals surface area contributed by atoms with Crippen molar-refractivity contribution in [2.45, 2.75) is 53.1 Å². The summed E-state index contributed by atoms with van der Waals surface area (Å²) in [6.07, 6.45) is 0. The van der Waals surface area contributed by atoms with E-state index in [2.05, 4.69) is 24.0 Å². The zero-order chi connectivity index (χ0) is 15.7. The first-order valence-electron chi connectivity index (χ1n) is 7.29. The molecule has 6 heteroatoms. The quantitative estimate of drug-likeness (QED) is 0.880. The number of nitrogens with one attached hydrogen (secondary N) is 1. The molecule has 0 fully saturated rings. The van der Waals surface area contributed by atoms with Crippen molar-refractivity contribution in [1.82, 2.24) is 19.3 Å². The van der Waals surface area contributed by atoms with Crippen molar-refractivity contribution in [3.05, 3.63) is 33.0 Å². The van der Waals surface area contributed by atoms with Gasteiger partial charge in [-0.25, -0.2) is 0 Å². The van der Waals surface area contributed by atoms with E-state index in [-0.39, 0.29) is 11.6 Å². The minimum absolute atomic E-state index is 0.0140. The van der Waals surface area contributed by atoms with E-state index in [9.17, 15) is 4.79 Å². The predicted molar refractivity (Wildman–Crippen MR) is 87.3 cm³/mol. The minimum atomic E-state index is -0.0140. The maximum Gasteiger partial charge on any atom is 0.262 e. The molecule has 0 aliphatic rings. The van der Waals surface area contributed by atoms with Crippen LogP contribution in [0.5, 0.6) is 0 Å². The summed E-state index contributed by atoms with van der Waals surface area (Å²) < 4.78 is 4.22. The van der Waals surface area contributed by atoms with Crippen LogP contribution >= 0.6 is 12.2 Å². The van der Waals surface area contributed by atoms with E-state index in [0.717, 1.165) is 5.69 Å². The van der Waals surface area contributed by atoms with Crippen LogP contribution in [0.25, 0.3) is 11.4 Å². The third-order valence-corrected chi connectivity index (χ3v) is 3.88. The Bertz CT molecular complexity index is 752. The summed E-state index contributed by atoms with van der Waals surface area (Å²) in [5, 5.41) is 6.99. The lowest BCUT2D eigenvalue weighted by atomic mass is 10.1. The van der Waals surface area contributed by atoms with E-state index in [0.29, 0.717) is 28.6 Å². The van der Waals surface area contributed by atoms with Gasteiger partial charge in [0.25, 0.3) is 5.56 Å². The fourth-order valence-corrected chi connectivity index (χ4v) is 2.82. The SMILES string of the molecule is CCn1c(-c2ccc(C(C)C)n(C(C)C)c2=O)n[nH]c1=S. The van der Waals surface area contributed by atoms with Gasteiger partial charge in [-0.05, 0) is 51.0 Å². The van der Waals surface area contributed by atoms with Crippen molar-refractivity contribution < 1.29 is 0 Å². The predicted octanol–water partition coefficient (Wildman–Crippen LogP) is 3.49. The van der Waals surface area contributed by atoms with E-state index in [1.54, 1.807) is 0 Å². The number of H-pyrrole nitrogens is 1. The van der Waals surface area contributed by atoms with Gasteiger partial charge in [-0.3, -0.25) is 9.89 Å². The number of nitrogens with zero attached hydrogens (tertiary/aromatic N) is 3. The lowest BCUT2D eigenvalue weighted by Crippen LogP contribution is -2.27. The lowest BCUT2D eigenvalue weighted by Gasteiger charge is -2.20. The van der Waals surface area contributed by atoms with Gasteiger partial charge in [0.1, 0.15) is 0 Å². The molecule has 5 nitrogen and oxygen atoms in total. The average molecular weight is 306 g/mol. The summed E-state index contributed by atoms with van der Waals surface area (Å²) in [4.78, 5) is 12.9. The molecular formula is C15H22N4OS. The van der Waals surface area contributed by atoms with Crippen molar-refractivity contribution in [3.8, 4) is 11.4 Å². The highest BCUT2D eigenvalue weighted by Crippen LogP contribution is 2.20. The molecule has 2 aromatic rings. The molecule has 0 spiro atoms. The highest BCUT2D eigenvalue weighted by atomic mass is 32.1. The number of aromatic amines is 1. The van der Waals surface area contributed by atoms with Gasteiger partial charge >= 0.3 is 0 Å². The molecule has 0 bridgehead atoms. The van der Waals surface area contributed by atoms with Crippen molar-refractivity contribution in [2.24, 2.45) is 0 Å². The molecule has 0 saturated carbocycles. The van der Waals surface area contributed by atoms with Gasteiger partial charge in [-0.15, -0.1) is 0 Å². The molecule has 0 aromatic carbocycles. The zero-order valence-electron chi connectivity index (χ0n) is 13.2.